The van der Waals surface area contributed by atoms with Crippen molar-refractivity contribution in [3.8, 4) is 11.5 Å². The zero-order valence-electron chi connectivity index (χ0n) is 12.7. The maximum atomic E-state index is 5.88. The molecular formula is C18H16BrN3O. The molecule has 0 spiro atoms. The second-order valence-electron chi connectivity index (χ2n) is 5.79. The van der Waals surface area contributed by atoms with Crippen LogP contribution in [0.3, 0.4) is 0 Å². The minimum atomic E-state index is 0.436. The van der Waals surface area contributed by atoms with Gasteiger partial charge in [0.15, 0.2) is 0 Å². The third-order valence-corrected chi connectivity index (χ3v) is 4.92. The molecule has 0 aliphatic carbocycles. The van der Waals surface area contributed by atoms with Crippen molar-refractivity contribution in [3.05, 3.63) is 64.5 Å². The first kappa shape index (κ1) is 14.5. The number of nitrogens with zero attached hydrogens (tertiary/aromatic N) is 3. The fourth-order valence-electron chi connectivity index (χ4n) is 3.08. The molecular weight excluding hydrogens is 354 g/mol. The third-order valence-electron chi connectivity index (χ3n) is 4.23. The van der Waals surface area contributed by atoms with E-state index in [1.165, 1.54) is 11.3 Å². The molecule has 0 saturated carbocycles. The summed E-state index contributed by atoms with van der Waals surface area (Å²) in [5.41, 5.74) is 3.56. The average molecular weight is 370 g/mol. The van der Waals surface area contributed by atoms with E-state index in [1.807, 2.05) is 24.3 Å². The summed E-state index contributed by atoms with van der Waals surface area (Å²) >= 11 is 3.52. The molecule has 116 valence electrons. The van der Waals surface area contributed by atoms with Crippen molar-refractivity contribution in [3.63, 3.8) is 0 Å². The van der Waals surface area contributed by atoms with E-state index in [0.29, 0.717) is 24.4 Å². The second kappa shape index (κ2) is 5.81. The maximum Gasteiger partial charge on any atom is 0.248 e. The predicted octanol–water partition coefficient (Wildman–Crippen LogP) is 4.45. The molecule has 1 aromatic heterocycles. The number of fused-ring (bicyclic) bond motifs is 1. The first-order valence-electron chi connectivity index (χ1n) is 7.64. The molecule has 2 heterocycles. The Labute approximate surface area is 143 Å². The van der Waals surface area contributed by atoms with Crippen molar-refractivity contribution >= 4 is 21.6 Å². The molecule has 0 bridgehead atoms. The van der Waals surface area contributed by atoms with E-state index in [-0.39, 0.29) is 0 Å². The highest BCUT2D eigenvalue weighted by Gasteiger charge is 2.27. The molecule has 1 aliphatic heterocycles. The van der Waals surface area contributed by atoms with Gasteiger partial charge >= 0.3 is 0 Å². The molecule has 4 nitrogen and oxygen atoms in total. The standard InChI is InChI=1S/C18H16BrN3O/c1-12-10-13-6-2-5-9-16(13)22(12)11-17-20-21-18(23-17)14-7-3-4-8-15(14)19/h2-9,12H,10-11H2,1H3/t12-/m0/s1. The van der Waals surface area contributed by atoms with Gasteiger partial charge in [0.05, 0.1) is 12.1 Å². The zero-order valence-corrected chi connectivity index (χ0v) is 14.3. The number of aromatic nitrogens is 2. The Hall–Kier alpha value is -2.14. The number of para-hydroxylation sites is 1. The molecule has 1 atom stereocenters. The van der Waals surface area contributed by atoms with Crippen LogP contribution in [0.25, 0.3) is 11.5 Å². The van der Waals surface area contributed by atoms with Gasteiger partial charge in [-0.1, -0.05) is 30.3 Å². The maximum absolute atomic E-state index is 5.88. The van der Waals surface area contributed by atoms with Crippen LogP contribution in [0.2, 0.25) is 0 Å². The lowest BCUT2D eigenvalue weighted by Gasteiger charge is -2.22. The van der Waals surface area contributed by atoms with Crippen LogP contribution < -0.4 is 4.90 Å². The van der Waals surface area contributed by atoms with Gasteiger partial charge in [-0.15, -0.1) is 10.2 Å². The Kier molecular flexibility index (Phi) is 3.65. The second-order valence-corrected chi connectivity index (χ2v) is 6.64. The Morgan fingerprint density at radius 2 is 1.91 bits per heavy atom. The summed E-state index contributed by atoms with van der Waals surface area (Å²) in [5.74, 6) is 1.19. The van der Waals surface area contributed by atoms with Crippen molar-refractivity contribution < 1.29 is 4.42 Å². The number of hydrogen-bond acceptors (Lipinski definition) is 4. The fraction of sp³-hybridized carbons (Fsp3) is 0.222. The van der Waals surface area contributed by atoms with Gasteiger partial charge in [0.25, 0.3) is 0 Å². The van der Waals surface area contributed by atoms with Crippen LogP contribution in [0.1, 0.15) is 18.4 Å². The minimum Gasteiger partial charge on any atom is -0.419 e. The van der Waals surface area contributed by atoms with Crippen LogP contribution in [-0.2, 0) is 13.0 Å². The van der Waals surface area contributed by atoms with Crippen LogP contribution >= 0.6 is 15.9 Å². The van der Waals surface area contributed by atoms with Gasteiger partial charge in [0.2, 0.25) is 11.8 Å². The SMILES string of the molecule is C[C@H]1Cc2ccccc2N1Cc1nnc(-c2ccccc2Br)o1. The number of anilines is 1. The Morgan fingerprint density at radius 1 is 1.13 bits per heavy atom. The van der Waals surface area contributed by atoms with Gasteiger partial charge in [0, 0.05) is 16.2 Å². The normalized spacial score (nSPS) is 16.6. The lowest BCUT2D eigenvalue weighted by atomic mass is 10.1. The van der Waals surface area contributed by atoms with Crippen LogP contribution in [0.5, 0.6) is 0 Å². The van der Waals surface area contributed by atoms with E-state index >= 15 is 0 Å². The van der Waals surface area contributed by atoms with Crippen LogP contribution in [0, 0.1) is 0 Å². The summed E-state index contributed by atoms with van der Waals surface area (Å²) in [7, 11) is 0. The summed E-state index contributed by atoms with van der Waals surface area (Å²) in [6.45, 7) is 2.86. The van der Waals surface area contributed by atoms with Crippen LogP contribution in [0.15, 0.2) is 57.4 Å². The van der Waals surface area contributed by atoms with Gasteiger partial charge in [0.1, 0.15) is 0 Å². The molecule has 3 aromatic rings. The van der Waals surface area contributed by atoms with Crippen molar-refractivity contribution in [1.29, 1.82) is 0 Å². The van der Waals surface area contributed by atoms with Crippen LogP contribution in [-0.4, -0.2) is 16.2 Å². The number of rotatable bonds is 3. The first-order chi connectivity index (χ1) is 11.2. The molecule has 0 saturated heterocycles. The third kappa shape index (κ3) is 2.65. The number of benzene rings is 2. The lowest BCUT2D eigenvalue weighted by Crippen LogP contribution is -2.28. The van der Waals surface area contributed by atoms with Crippen molar-refractivity contribution in [1.82, 2.24) is 10.2 Å². The highest BCUT2D eigenvalue weighted by molar-refractivity contribution is 9.10. The smallest absolute Gasteiger partial charge is 0.248 e. The summed E-state index contributed by atoms with van der Waals surface area (Å²) in [6, 6.07) is 16.8. The predicted molar refractivity (Wildman–Crippen MR) is 93.2 cm³/mol. The molecule has 5 heteroatoms. The Balaban J connectivity index is 1.60. The Morgan fingerprint density at radius 3 is 2.78 bits per heavy atom. The molecule has 0 amide bonds. The zero-order chi connectivity index (χ0) is 15.8. The van der Waals surface area contributed by atoms with Crippen molar-refractivity contribution in [2.45, 2.75) is 25.9 Å². The summed E-state index contributed by atoms with van der Waals surface area (Å²) in [6.07, 6.45) is 1.06. The van der Waals surface area contributed by atoms with E-state index in [0.717, 1.165) is 16.5 Å². The topological polar surface area (TPSA) is 42.2 Å². The molecule has 0 fully saturated rings. The largest absolute Gasteiger partial charge is 0.419 e. The quantitative estimate of drug-likeness (QED) is 0.683. The molecule has 4 rings (SSSR count). The molecule has 23 heavy (non-hydrogen) atoms. The van der Waals surface area contributed by atoms with E-state index < -0.39 is 0 Å². The molecule has 1 aliphatic rings. The summed E-state index contributed by atoms with van der Waals surface area (Å²) in [4.78, 5) is 2.33. The molecule has 2 aromatic carbocycles. The molecule has 0 N–H and O–H groups in total. The van der Waals surface area contributed by atoms with Gasteiger partial charge in [-0.05, 0) is 53.0 Å². The van der Waals surface area contributed by atoms with Gasteiger partial charge in [-0.2, -0.15) is 0 Å². The summed E-state index contributed by atoms with van der Waals surface area (Å²) in [5, 5.41) is 8.42. The van der Waals surface area contributed by atoms with Crippen LogP contribution in [0.4, 0.5) is 5.69 Å². The fourth-order valence-corrected chi connectivity index (χ4v) is 3.53. The van der Waals surface area contributed by atoms with Crippen molar-refractivity contribution in [2.24, 2.45) is 0 Å². The van der Waals surface area contributed by atoms with E-state index in [1.54, 1.807) is 0 Å². The minimum absolute atomic E-state index is 0.436. The highest BCUT2D eigenvalue weighted by atomic mass is 79.9. The van der Waals surface area contributed by atoms with Gasteiger partial charge in [-0.3, -0.25) is 0 Å². The van der Waals surface area contributed by atoms with E-state index in [4.69, 9.17) is 4.42 Å². The first-order valence-corrected chi connectivity index (χ1v) is 8.43. The monoisotopic (exact) mass is 369 g/mol. The highest BCUT2D eigenvalue weighted by Crippen LogP contribution is 2.33. The van der Waals surface area contributed by atoms with Crippen molar-refractivity contribution in [2.75, 3.05) is 4.90 Å². The average Bonchev–Trinajstić information content (AvgIpc) is 3.14. The number of halogens is 1. The van der Waals surface area contributed by atoms with Gasteiger partial charge in [-0.25, -0.2) is 0 Å². The summed E-state index contributed by atoms with van der Waals surface area (Å²) < 4.78 is 6.84. The lowest BCUT2D eigenvalue weighted by molar-refractivity contribution is 0.488. The molecule has 0 unspecified atom stereocenters. The van der Waals surface area contributed by atoms with E-state index in [2.05, 4.69) is 62.2 Å². The Bertz CT molecular complexity index is 846. The molecule has 0 radical (unpaired) electrons. The number of hydrogen-bond donors (Lipinski definition) is 0. The van der Waals surface area contributed by atoms with Gasteiger partial charge < -0.3 is 9.32 Å². The van der Waals surface area contributed by atoms with E-state index in [9.17, 15) is 0 Å².